The molecular formula is C16H19N3O3S. The molecule has 7 heteroatoms. The summed E-state index contributed by atoms with van der Waals surface area (Å²) in [5.41, 5.74) is 0.471. The normalized spacial score (nSPS) is 11.0. The fourth-order valence-corrected chi connectivity index (χ4v) is 2.97. The Balaban J connectivity index is 2.12. The molecule has 0 saturated heterocycles. The Kier molecular flexibility index (Phi) is 5.70. The maximum Gasteiger partial charge on any atom is 0.269 e. The van der Waals surface area contributed by atoms with Gasteiger partial charge in [0.15, 0.2) is 0 Å². The number of aromatic nitrogens is 1. The maximum absolute atomic E-state index is 12.3. The zero-order valence-corrected chi connectivity index (χ0v) is 13.6. The predicted octanol–water partition coefficient (Wildman–Crippen LogP) is 2.41. The Morgan fingerprint density at radius 2 is 1.91 bits per heavy atom. The average Bonchev–Trinajstić information content (AvgIpc) is 2.55. The molecular weight excluding hydrogens is 314 g/mol. The molecule has 122 valence electrons. The number of hydrogen-bond acceptors (Lipinski definition) is 4. The number of benzene rings is 1. The van der Waals surface area contributed by atoms with Gasteiger partial charge in [0, 0.05) is 12.7 Å². The second-order valence-electron chi connectivity index (χ2n) is 4.96. The van der Waals surface area contributed by atoms with Crippen molar-refractivity contribution in [1.82, 2.24) is 10.3 Å². The molecule has 0 saturated carbocycles. The van der Waals surface area contributed by atoms with Crippen molar-refractivity contribution in [2.75, 3.05) is 11.3 Å². The van der Waals surface area contributed by atoms with E-state index < -0.39 is 10.0 Å². The molecule has 2 rings (SSSR count). The molecule has 0 fully saturated rings. The van der Waals surface area contributed by atoms with E-state index in [9.17, 15) is 13.2 Å². The van der Waals surface area contributed by atoms with E-state index in [0.29, 0.717) is 12.2 Å². The number of hydrogen-bond donors (Lipinski definition) is 2. The molecule has 0 aliphatic carbocycles. The van der Waals surface area contributed by atoms with Gasteiger partial charge >= 0.3 is 0 Å². The van der Waals surface area contributed by atoms with Crippen LogP contribution in [0.2, 0.25) is 0 Å². The summed E-state index contributed by atoms with van der Waals surface area (Å²) in [6.07, 6.45) is 3.26. The molecule has 1 amide bonds. The fraction of sp³-hybridized carbons (Fsp3) is 0.250. The lowest BCUT2D eigenvalue weighted by Crippen LogP contribution is -2.25. The molecule has 0 radical (unpaired) electrons. The first-order valence-electron chi connectivity index (χ1n) is 7.35. The van der Waals surface area contributed by atoms with Gasteiger partial charge in [-0.1, -0.05) is 31.5 Å². The van der Waals surface area contributed by atoms with Crippen LogP contribution in [0.15, 0.2) is 53.6 Å². The van der Waals surface area contributed by atoms with Gasteiger partial charge in [0.1, 0.15) is 5.69 Å². The highest BCUT2D eigenvalue weighted by Crippen LogP contribution is 2.15. The molecule has 0 unspecified atom stereocenters. The first-order valence-corrected chi connectivity index (χ1v) is 8.83. The van der Waals surface area contributed by atoms with Gasteiger partial charge in [0.2, 0.25) is 0 Å². The predicted molar refractivity (Wildman–Crippen MR) is 88.7 cm³/mol. The molecule has 0 aliphatic rings. The van der Waals surface area contributed by atoms with Gasteiger partial charge in [0.25, 0.3) is 15.9 Å². The van der Waals surface area contributed by atoms with Gasteiger partial charge in [0.05, 0.1) is 10.6 Å². The third-order valence-electron chi connectivity index (χ3n) is 3.11. The minimum atomic E-state index is -3.69. The summed E-state index contributed by atoms with van der Waals surface area (Å²) in [6, 6.07) is 11.0. The Hall–Kier alpha value is -2.41. The first kappa shape index (κ1) is 17.0. The van der Waals surface area contributed by atoms with Gasteiger partial charge in [-0.2, -0.15) is 0 Å². The van der Waals surface area contributed by atoms with Crippen molar-refractivity contribution in [2.45, 2.75) is 24.7 Å². The van der Waals surface area contributed by atoms with Gasteiger partial charge in [-0.05, 0) is 30.7 Å². The molecule has 0 spiro atoms. The second kappa shape index (κ2) is 7.73. The Morgan fingerprint density at radius 1 is 1.17 bits per heavy atom. The Bertz CT molecular complexity index is 761. The topological polar surface area (TPSA) is 88.2 Å². The van der Waals surface area contributed by atoms with Crippen molar-refractivity contribution in [3.8, 4) is 0 Å². The number of sulfonamides is 1. The van der Waals surface area contributed by atoms with E-state index in [-0.39, 0.29) is 16.5 Å². The minimum absolute atomic E-state index is 0.158. The van der Waals surface area contributed by atoms with E-state index in [2.05, 4.69) is 15.0 Å². The van der Waals surface area contributed by atoms with Crippen molar-refractivity contribution in [3.63, 3.8) is 0 Å². The quantitative estimate of drug-likeness (QED) is 0.762. The number of carbonyl (C=O) groups excluding carboxylic acids is 1. The number of nitrogens with one attached hydrogen (secondary N) is 2. The van der Waals surface area contributed by atoms with Crippen LogP contribution >= 0.6 is 0 Å². The maximum atomic E-state index is 12.3. The number of carbonyl (C=O) groups is 1. The molecule has 1 heterocycles. The van der Waals surface area contributed by atoms with Gasteiger partial charge in [-0.25, -0.2) is 8.42 Å². The van der Waals surface area contributed by atoms with Gasteiger partial charge in [-0.15, -0.1) is 0 Å². The van der Waals surface area contributed by atoms with Crippen molar-refractivity contribution in [2.24, 2.45) is 0 Å². The van der Waals surface area contributed by atoms with Crippen LogP contribution < -0.4 is 10.0 Å². The molecule has 6 nitrogen and oxygen atoms in total. The largest absolute Gasteiger partial charge is 0.351 e. The summed E-state index contributed by atoms with van der Waals surface area (Å²) < 4.78 is 27.0. The lowest BCUT2D eigenvalue weighted by molar-refractivity contribution is 0.0948. The third-order valence-corrected chi connectivity index (χ3v) is 4.51. The molecule has 1 aromatic heterocycles. The van der Waals surface area contributed by atoms with E-state index in [0.717, 1.165) is 12.8 Å². The number of anilines is 1. The summed E-state index contributed by atoms with van der Waals surface area (Å²) in [6.45, 7) is 2.60. The van der Waals surface area contributed by atoms with Gasteiger partial charge in [-0.3, -0.25) is 14.5 Å². The van der Waals surface area contributed by atoms with Crippen LogP contribution in [-0.2, 0) is 10.0 Å². The van der Waals surface area contributed by atoms with Crippen LogP contribution in [-0.4, -0.2) is 25.9 Å². The van der Waals surface area contributed by atoms with Crippen LogP contribution in [0, 0.1) is 0 Å². The van der Waals surface area contributed by atoms with E-state index in [1.807, 2.05) is 6.92 Å². The van der Waals surface area contributed by atoms with E-state index >= 15 is 0 Å². The lowest BCUT2D eigenvalue weighted by atomic mass is 10.3. The molecule has 0 atom stereocenters. The number of nitrogens with zero attached hydrogens (tertiary/aromatic N) is 1. The highest BCUT2D eigenvalue weighted by Gasteiger charge is 2.15. The summed E-state index contributed by atoms with van der Waals surface area (Å²) in [4.78, 5) is 16.1. The Morgan fingerprint density at radius 3 is 2.61 bits per heavy atom. The average molecular weight is 333 g/mol. The molecule has 0 bridgehead atoms. The molecule has 0 aliphatic heterocycles. The SMILES string of the molecule is CCCCNC(=O)c1cc(NS(=O)(=O)c2ccccc2)ccn1. The summed E-state index contributed by atoms with van der Waals surface area (Å²) in [7, 11) is -3.69. The number of unbranched alkanes of at least 4 members (excludes halogenated alkanes) is 1. The van der Waals surface area contributed by atoms with E-state index in [4.69, 9.17) is 0 Å². The van der Waals surface area contributed by atoms with Crippen molar-refractivity contribution >= 4 is 21.6 Å². The summed E-state index contributed by atoms with van der Waals surface area (Å²) in [5.74, 6) is -0.320. The third kappa shape index (κ3) is 4.79. The molecule has 1 aromatic carbocycles. The van der Waals surface area contributed by atoms with Crippen molar-refractivity contribution in [1.29, 1.82) is 0 Å². The number of rotatable bonds is 7. The van der Waals surface area contributed by atoms with Crippen LogP contribution in [0.5, 0.6) is 0 Å². The van der Waals surface area contributed by atoms with Crippen LogP contribution in [0.3, 0.4) is 0 Å². The minimum Gasteiger partial charge on any atom is -0.351 e. The zero-order valence-electron chi connectivity index (χ0n) is 12.8. The van der Waals surface area contributed by atoms with E-state index in [1.54, 1.807) is 18.2 Å². The van der Waals surface area contributed by atoms with Crippen LogP contribution in [0.4, 0.5) is 5.69 Å². The fourth-order valence-electron chi connectivity index (χ4n) is 1.90. The lowest BCUT2D eigenvalue weighted by Gasteiger charge is -2.09. The summed E-state index contributed by atoms with van der Waals surface area (Å²) >= 11 is 0. The molecule has 2 aromatic rings. The summed E-state index contributed by atoms with van der Waals surface area (Å²) in [5, 5.41) is 2.74. The zero-order chi connectivity index (χ0) is 16.7. The van der Waals surface area contributed by atoms with Crippen LogP contribution in [0.1, 0.15) is 30.3 Å². The Labute approximate surface area is 136 Å². The standard InChI is InChI=1S/C16H19N3O3S/c1-2-3-10-18-16(20)15-12-13(9-11-17-15)19-23(21,22)14-7-5-4-6-8-14/h4-9,11-12H,2-3,10H2,1H3,(H,17,19)(H,18,20). The first-order chi connectivity index (χ1) is 11.0. The smallest absolute Gasteiger partial charge is 0.269 e. The van der Waals surface area contributed by atoms with Crippen LogP contribution in [0.25, 0.3) is 0 Å². The number of amides is 1. The van der Waals surface area contributed by atoms with E-state index in [1.165, 1.54) is 30.5 Å². The van der Waals surface area contributed by atoms with Gasteiger partial charge < -0.3 is 5.32 Å². The second-order valence-corrected chi connectivity index (χ2v) is 6.64. The monoisotopic (exact) mass is 333 g/mol. The molecule has 23 heavy (non-hydrogen) atoms. The van der Waals surface area contributed by atoms with Crippen molar-refractivity contribution in [3.05, 3.63) is 54.4 Å². The highest BCUT2D eigenvalue weighted by molar-refractivity contribution is 7.92. The molecule has 2 N–H and O–H groups in total. The number of pyridine rings is 1. The van der Waals surface area contributed by atoms with Crippen molar-refractivity contribution < 1.29 is 13.2 Å². The highest BCUT2D eigenvalue weighted by atomic mass is 32.2.